The van der Waals surface area contributed by atoms with Crippen LogP contribution in [-0.4, -0.2) is 53.2 Å². The summed E-state index contributed by atoms with van der Waals surface area (Å²) < 4.78 is 22.8. The maximum absolute atomic E-state index is 13.7. The molecule has 0 saturated carbocycles. The standard InChI is InChI=1S/C24H31FN4O3/c1-7-17-14-19-20(24(31)29(17)18-10-8-16(25)9-11-18)22(32-15(2)3)21(28(19)6)23(30)26-12-13-27(4)5/h8-11,14-15H,7,12-13H2,1-6H3,(H,26,30). The summed E-state index contributed by atoms with van der Waals surface area (Å²) in [6.07, 6.45) is 0.344. The lowest BCUT2D eigenvalue weighted by Gasteiger charge is -2.14. The van der Waals surface area contributed by atoms with Crippen LogP contribution in [0.2, 0.25) is 0 Å². The van der Waals surface area contributed by atoms with Gasteiger partial charge in [-0.25, -0.2) is 4.39 Å². The lowest BCUT2D eigenvalue weighted by atomic mass is 10.2. The van der Waals surface area contributed by atoms with Gasteiger partial charge in [-0.2, -0.15) is 0 Å². The molecule has 32 heavy (non-hydrogen) atoms. The molecule has 8 heteroatoms. The van der Waals surface area contributed by atoms with Crippen molar-refractivity contribution in [1.29, 1.82) is 0 Å². The number of halogens is 1. The number of amides is 1. The third-order valence-electron chi connectivity index (χ3n) is 5.26. The fraction of sp³-hybridized carbons (Fsp3) is 0.417. The van der Waals surface area contributed by atoms with Crippen molar-refractivity contribution < 1.29 is 13.9 Å². The SMILES string of the molecule is CCc1cc2c(c(OC(C)C)c(C(=O)NCCN(C)C)n2C)c(=O)n1-c1ccc(F)cc1. The monoisotopic (exact) mass is 442 g/mol. The summed E-state index contributed by atoms with van der Waals surface area (Å²) >= 11 is 0. The number of hydrogen-bond donors (Lipinski definition) is 1. The van der Waals surface area contributed by atoms with E-state index in [1.807, 2.05) is 45.8 Å². The smallest absolute Gasteiger partial charge is 0.271 e. The number of aryl methyl sites for hydroxylation is 2. The van der Waals surface area contributed by atoms with Gasteiger partial charge in [-0.3, -0.25) is 14.2 Å². The first-order chi connectivity index (χ1) is 15.1. The van der Waals surface area contributed by atoms with Gasteiger partial charge in [-0.1, -0.05) is 6.92 Å². The average molecular weight is 443 g/mol. The van der Waals surface area contributed by atoms with Gasteiger partial charge in [-0.15, -0.1) is 0 Å². The van der Waals surface area contributed by atoms with Crippen LogP contribution in [0.15, 0.2) is 35.1 Å². The third-order valence-corrected chi connectivity index (χ3v) is 5.26. The van der Waals surface area contributed by atoms with E-state index in [1.54, 1.807) is 28.3 Å². The highest BCUT2D eigenvalue weighted by molar-refractivity contribution is 6.04. The number of fused-ring (bicyclic) bond motifs is 1. The Hall–Kier alpha value is -3.13. The number of benzene rings is 1. The molecule has 172 valence electrons. The number of carbonyl (C=O) groups excluding carboxylic acids is 1. The zero-order chi connectivity index (χ0) is 23.6. The quantitative estimate of drug-likeness (QED) is 0.582. The van der Waals surface area contributed by atoms with E-state index in [2.05, 4.69) is 5.32 Å². The van der Waals surface area contributed by atoms with Crippen LogP contribution >= 0.6 is 0 Å². The Balaban J connectivity index is 2.26. The predicted molar refractivity (Wildman–Crippen MR) is 125 cm³/mol. The van der Waals surface area contributed by atoms with Crippen molar-refractivity contribution in [3.05, 3.63) is 57.9 Å². The van der Waals surface area contributed by atoms with Gasteiger partial charge >= 0.3 is 0 Å². The highest BCUT2D eigenvalue weighted by Gasteiger charge is 2.27. The van der Waals surface area contributed by atoms with Gasteiger partial charge < -0.3 is 19.5 Å². The predicted octanol–water partition coefficient (Wildman–Crippen LogP) is 3.11. The molecule has 0 bridgehead atoms. The lowest BCUT2D eigenvalue weighted by molar-refractivity contribution is 0.0937. The van der Waals surface area contributed by atoms with Gasteiger partial charge in [0.15, 0.2) is 11.4 Å². The number of nitrogens with one attached hydrogen (secondary N) is 1. The lowest BCUT2D eigenvalue weighted by Crippen LogP contribution is -2.32. The van der Waals surface area contributed by atoms with Crippen molar-refractivity contribution in [3.8, 4) is 11.4 Å². The largest absolute Gasteiger partial charge is 0.488 e. The maximum atomic E-state index is 13.7. The molecule has 1 amide bonds. The molecule has 1 N–H and O–H groups in total. The molecule has 3 aromatic rings. The fourth-order valence-electron chi connectivity index (χ4n) is 3.73. The van der Waals surface area contributed by atoms with E-state index in [-0.39, 0.29) is 29.1 Å². The van der Waals surface area contributed by atoms with E-state index in [1.165, 1.54) is 12.1 Å². The summed E-state index contributed by atoms with van der Waals surface area (Å²) in [5.41, 5.74) is 1.95. The van der Waals surface area contributed by atoms with Crippen LogP contribution in [0.4, 0.5) is 4.39 Å². The molecule has 0 aliphatic carbocycles. The molecule has 0 radical (unpaired) electrons. The van der Waals surface area contributed by atoms with Crippen molar-refractivity contribution in [3.63, 3.8) is 0 Å². The molecule has 0 spiro atoms. The van der Waals surface area contributed by atoms with Crippen LogP contribution in [0.1, 0.15) is 37.0 Å². The summed E-state index contributed by atoms with van der Waals surface area (Å²) in [5.74, 6) is -0.406. The van der Waals surface area contributed by atoms with E-state index in [0.717, 1.165) is 5.69 Å². The number of rotatable bonds is 8. The van der Waals surface area contributed by atoms with E-state index >= 15 is 0 Å². The average Bonchev–Trinajstić information content (AvgIpc) is 2.99. The zero-order valence-electron chi connectivity index (χ0n) is 19.5. The molecule has 0 aliphatic heterocycles. The topological polar surface area (TPSA) is 68.5 Å². The molecule has 0 fully saturated rings. The van der Waals surface area contributed by atoms with Gasteiger partial charge in [0.2, 0.25) is 0 Å². The molecule has 2 heterocycles. The number of ether oxygens (including phenoxy) is 1. The van der Waals surface area contributed by atoms with Gasteiger partial charge in [0.05, 0.1) is 11.6 Å². The Morgan fingerprint density at radius 1 is 1.22 bits per heavy atom. The van der Waals surface area contributed by atoms with Crippen LogP contribution in [0.25, 0.3) is 16.6 Å². The summed E-state index contributed by atoms with van der Waals surface area (Å²) in [7, 11) is 5.62. The second-order valence-corrected chi connectivity index (χ2v) is 8.33. The molecule has 2 aromatic heterocycles. The number of nitrogens with zero attached hydrogens (tertiary/aromatic N) is 3. The van der Waals surface area contributed by atoms with Gasteiger partial charge in [0, 0.05) is 31.5 Å². The van der Waals surface area contributed by atoms with Gasteiger partial charge in [-0.05, 0) is 64.7 Å². The molecule has 0 atom stereocenters. The Bertz CT molecular complexity index is 1180. The molecule has 0 aliphatic rings. The Kier molecular flexibility index (Phi) is 7.03. The number of hydrogen-bond acceptors (Lipinski definition) is 4. The van der Waals surface area contributed by atoms with Crippen molar-refractivity contribution in [2.45, 2.75) is 33.3 Å². The summed E-state index contributed by atoms with van der Waals surface area (Å²) in [6, 6.07) is 7.69. The molecule has 1 aromatic carbocycles. The number of likely N-dealkylation sites (N-methyl/N-ethyl adjacent to an activating group) is 1. The molecule has 0 saturated heterocycles. The van der Waals surface area contributed by atoms with Crippen LogP contribution in [0, 0.1) is 5.82 Å². The molecule has 0 unspecified atom stereocenters. The van der Waals surface area contributed by atoms with E-state index in [9.17, 15) is 14.0 Å². The third kappa shape index (κ3) is 4.55. The number of pyridine rings is 1. The molecule has 3 rings (SSSR count). The molecule has 7 nitrogen and oxygen atoms in total. The second kappa shape index (κ2) is 9.56. The van der Waals surface area contributed by atoms with E-state index < -0.39 is 0 Å². The van der Waals surface area contributed by atoms with Crippen LogP contribution in [-0.2, 0) is 13.5 Å². The highest BCUT2D eigenvalue weighted by Crippen LogP contribution is 2.32. The van der Waals surface area contributed by atoms with Crippen molar-refractivity contribution in [2.75, 3.05) is 27.2 Å². The van der Waals surface area contributed by atoms with Crippen molar-refractivity contribution in [1.82, 2.24) is 19.4 Å². The van der Waals surface area contributed by atoms with Crippen LogP contribution < -0.4 is 15.6 Å². The van der Waals surface area contributed by atoms with Crippen LogP contribution in [0.3, 0.4) is 0 Å². The number of aromatic nitrogens is 2. The number of carbonyl (C=O) groups is 1. The Morgan fingerprint density at radius 3 is 2.44 bits per heavy atom. The molecular formula is C24H31FN4O3. The van der Waals surface area contributed by atoms with E-state index in [0.29, 0.717) is 41.8 Å². The Labute approximate surface area is 187 Å². The summed E-state index contributed by atoms with van der Waals surface area (Å²) in [5, 5.41) is 3.25. The van der Waals surface area contributed by atoms with Gasteiger partial charge in [0.1, 0.15) is 11.2 Å². The van der Waals surface area contributed by atoms with Crippen molar-refractivity contribution in [2.24, 2.45) is 7.05 Å². The minimum atomic E-state index is -0.374. The summed E-state index contributed by atoms with van der Waals surface area (Å²) in [6.45, 7) is 6.81. The van der Waals surface area contributed by atoms with Crippen molar-refractivity contribution >= 4 is 16.8 Å². The van der Waals surface area contributed by atoms with Crippen LogP contribution in [0.5, 0.6) is 5.75 Å². The zero-order valence-corrected chi connectivity index (χ0v) is 19.5. The highest BCUT2D eigenvalue weighted by atomic mass is 19.1. The van der Waals surface area contributed by atoms with E-state index in [4.69, 9.17) is 4.74 Å². The first-order valence-corrected chi connectivity index (χ1v) is 10.8. The minimum Gasteiger partial charge on any atom is -0.488 e. The van der Waals surface area contributed by atoms with Gasteiger partial charge in [0.25, 0.3) is 11.5 Å². The first kappa shape index (κ1) is 23.5. The normalized spacial score (nSPS) is 11.5. The summed E-state index contributed by atoms with van der Waals surface area (Å²) in [4.78, 5) is 28.8. The Morgan fingerprint density at radius 2 is 1.88 bits per heavy atom. The minimum absolute atomic E-state index is 0.238. The fourth-order valence-corrected chi connectivity index (χ4v) is 3.73. The maximum Gasteiger partial charge on any atom is 0.271 e. The molecular weight excluding hydrogens is 411 g/mol. The second-order valence-electron chi connectivity index (χ2n) is 8.33. The first-order valence-electron chi connectivity index (χ1n) is 10.8.